The van der Waals surface area contributed by atoms with Crippen molar-refractivity contribution in [3.8, 4) is 0 Å². The van der Waals surface area contributed by atoms with Gasteiger partial charge >= 0.3 is 0 Å². The summed E-state index contributed by atoms with van der Waals surface area (Å²) in [5.41, 5.74) is 4.88. The molecule has 0 aliphatic carbocycles. The minimum atomic E-state index is 1.01. The lowest BCUT2D eigenvalue weighted by Crippen LogP contribution is -1.91. The Morgan fingerprint density at radius 2 is 2.00 bits per heavy atom. The van der Waals surface area contributed by atoms with Crippen molar-refractivity contribution < 1.29 is 0 Å². The van der Waals surface area contributed by atoms with E-state index >= 15 is 0 Å². The predicted molar refractivity (Wildman–Crippen MR) is 96.5 cm³/mol. The summed E-state index contributed by atoms with van der Waals surface area (Å²) in [6.45, 7) is 8.35. The average Bonchev–Trinajstić information content (AvgIpc) is 2.98. The van der Waals surface area contributed by atoms with Gasteiger partial charge in [0.1, 0.15) is 0 Å². The topological polar surface area (TPSA) is 35.6 Å². The zero-order valence-electron chi connectivity index (χ0n) is 12.4. The maximum absolute atomic E-state index is 4.61. The molecule has 0 saturated carbocycles. The third kappa shape index (κ3) is 2.22. The van der Waals surface area contributed by atoms with Gasteiger partial charge in [-0.1, -0.05) is 20.8 Å². The Morgan fingerprint density at radius 3 is 2.60 bits per heavy atom. The maximum atomic E-state index is 4.61. The Morgan fingerprint density at radius 1 is 1.30 bits per heavy atom. The maximum Gasteiger partial charge on any atom is 0.153 e. The van der Waals surface area contributed by atoms with Crippen LogP contribution in [0, 0.1) is 6.92 Å². The summed E-state index contributed by atoms with van der Waals surface area (Å²) < 4.78 is 4.14. The molecule has 108 valence electrons. The van der Waals surface area contributed by atoms with Crippen molar-refractivity contribution in [1.29, 1.82) is 0 Å². The van der Waals surface area contributed by atoms with Gasteiger partial charge in [-0.2, -0.15) is 5.10 Å². The Kier molecular flexibility index (Phi) is 4.95. The molecule has 0 fully saturated rings. The fourth-order valence-electron chi connectivity index (χ4n) is 2.57. The minimum Gasteiger partial charge on any atom is -0.267 e. The number of pyridine rings is 1. The van der Waals surface area contributed by atoms with Crippen molar-refractivity contribution in [1.82, 2.24) is 18.7 Å². The molecule has 0 bridgehead atoms. The van der Waals surface area contributed by atoms with E-state index in [9.17, 15) is 0 Å². The molecule has 0 aromatic carbocycles. The van der Waals surface area contributed by atoms with Gasteiger partial charge in [0.05, 0.1) is 11.7 Å². The Hall–Kier alpha value is -0.760. The van der Waals surface area contributed by atoms with Gasteiger partial charge in [-0.05, 0) is 18.9 Å². The van der Waals surface area contributed by atoms with Gasteiger partial charge in [0, 0.05) is 60.0 Å². The molecule has 3 heterocycles. The zero-order valence-corrected chi connectivity index (χ0v) is 15.4. The third-order valence-electron chi connectivity index (χ3n) is 3.41. The Balaban J connectivity index is 0.000000704. The average molecular weight is 402 g/mol. The summed E-state index contributed by atoms with van der Waals surface area (Å²) >= 11 is 2.30. The van der Waals surface area contributed by atoms with E-state index in [1.165, 1.54) is 22.2 Å². The van der Waals surface area contributed by atoms with E-state index in [4.69, 9.17) is 0 Å². The van der Waals surface area contributed by atoms with Crippen LogP contribution in [-0.2, 0) is 13.5 Å². The van der Waals surface area contributed by atoms with Crippen molar-refractivity contribution >= 4 is 52.3 Å². The number of nitrogens with zero attached hydrogens (tertiary/aromatic N) is 4. The number of hydrogen-bond acceptors (Lipinski definition) is 3. The summed E-state index contributed by atoms with van der Waals surface area (Å²) in [4.78, 5) is 4.61. The van der Waals surface area contributed by atoms with Gasteiger partial charge in [0.15, 0.2) is 5.65 Å². The molecule has 3 aromatic rings. The van der Waals surface area contributed by atoms with Crippen molar-refractivity contribution in [2.75, 3.05) is 0 Å². The highest BCUT2D eigenvalue weighted by Gasteiger charge is 2.18. The molecule has 3 rings (SSSR count). The van der Waals surface area contributed by atoms with Crippen molar-refractivity contribution in [3.63, 3.8) is 0 Å². The fraction of sp³-hybridized carbons (Fsp3) is 0.429. The molecule has 4 nitrogen and oxygen atoms in total. The van der Waals surface area contributed by atoms with Crippen LogP contribution in [0.15, 0.2) is 12.4 Å². The molecular weight excluding hydrogens is 383 g/mol. The minimum absolute atomic E-state index is 1.01. The Bertz CT molecular complexity index is 745. The molecule has 0 radical (unpaired) electrons. The van der Waals surface area contributed by atoms with E-state index in [0.717, 1.165) is 17.5 Å². The standard InChI is InChI=1S/C12H13IN4S.C2H6/c1-4-9-7(2)17(18-13)12-10(9)11-8(5-14-12)6-15-16(11)3;1-2/h5-6H,4H2,1-3H3;1-2H3. The smallest absolute Gasteiger partial charge is 0.153 e. The van der Waals surface area contributed by atoms with E-state index in [2.05, 4.69) is 49.1 Å². The van der Waals surface area contributed by atoms with Crippen LogP contribution in [0.3, 0.4) is 0 Å². The number of rotatable bonds is 2. The number of aromatic nitrogens is 4. The van der Waals surface area contributed by atoms with Crippen LogP contribution >= 0.6 is 30.3 Å². The highest BCUT2D eigenvalue weighted by molar-refractivity contribution is 14.2. The molecule has 0 N–H and O–H groups in total. The molecule has 0 aliphatic rings. The van der Waals surface area contributed by atoms with Gasteiger partial charge in [0.2, 0.25) is 0 Å². The summed E-state index contributed by atoms with van der Waals surface area (Å²) in [5.74, 6) is 0. The molecule has 0 aliphatic heterocycles. The number of aryl methyl sites for hydroxylation is 2. The van der Waals surface area contributed by atoms with Gasteiger partial charge in [-0.15, -0.1) is 0 Å². The van der Waals surface area contributed by atoms with E-state index < -0.39 is 0 Å². The number of hydrogen-bond donors (Lipinski definition) is 0. The first-order valence-electron chi connectivity index (χ1n) is 6.78. The van der Waals surface area contributed by atoms with Crippen LogP contribution in [0.4, 0.5) is 0 Å². The lowest BCUT2D eigenvalue weighted by Gasteiger charge is -2.00. The van der Waals surface area contributed by atoms with Gasteiger partial charge < -0.3 is 0 Å². The van der Waals surface area contributed by atoms with Crippen LogP contribution in [0.5, 0.6) is 0 Å². The van der Waals surface area contributed by atoms with E-state index in [0.29, 0.717) is 0 Å². The van der Waals surface area contributed by atoms with Crippen LogP contribution in [0.1, 0.15) is 32.0 Å². The monoisotopic (exact) mass is 402 g/mol. The zero-order chi connectivity index (χ0) is 14.9. The highest BCUT2D eigenvalue weighted by atomic mass is 127. The largest absolute Gasteiger partial charge is 0.267 e. The molecule has 0 saturated heterocycles. The van der Waals surface area contributed by atoms with Gasteiger partial charge in [-0.3, -0.25) is 8.65 Å². The summed E-state index contributed by atoms with van der Waals surface area (Å²) in [5, 5.41) is 6.70. The third-order valence-corrected chi connectivity index (χ3v) is 5.18. The lowest BCUT2D eigenvalue weighted by atomic mass is 10.1. The quantitative estimate of drug-likeness (QED) is 0.585. The normalized spacial score (nSPS) is 10.9. The van der Waals surface area contributed by atoms with Crippen LogP contribution in [0.25, 0.3) is 21.9 Å². The summed E-state index contributed by atoms with van der Waals surface area (Å²) in [6, 6.07) is 0. The van der Waals surface area contributed by atoms with Crippen LogP contribution in [0.2, 0.25) is 0 Å². The number of fused-ring (bicyclic) bond motifs is 3. The molecule has 6 heteroatoms. The molecule has 0 unspecified atom stereocenters. The molecular formula is C14H19IN4S. The van der Waals surface area contributed by atoms with Crippen LogP contribution in [-0.4, -0.2) is 18.7 Å². The SMILES string of the molecule is CC.CCc1c(C)n(SI)c2ncc3cnn(C)c3c12. The predicted octanol–water partition coefficient (Wildman–Crippen LogP) is 4.67. The number of halogens is 1. The molecule has 0 atom stereocenters. The molecule has 3 aromatic heterocycles. The first-order chi connectivity index (χ1) is 9.69. The highest BCUT2D eigenvalue weighted by Crippen LogP contribution is 2.35. The second-order valence-electron chi connectivity index (χ2n) is 4.31. The molecule has 20 heavy (non-hydrogen) atoms. The van der Waals surface area contributed by atoms with Crippen molar-refractivity contribution in [3.05, 3.63) is 23.7 Å². The molecule has 0 spiro atoms. The van der Waals surface area contributed by atoms with Gasteiger partial charge in [0.25, 0.3) is 0 Å². The summed E-state index contributed by atoms with van der Waals surface area (Å²) in [6.07, 6.45) is 4.80. The van der Waals surface area contributed by atoms with E-state index in [1.807, 2.05) is 38.0 Å². The van der Waals surface area contributed by atoms with Gasteiger partial charge in [-0.25, -0.2) is 4.98 Å². The summed E-state index contributed by atoms with van der Waals surface area (Å²) in [7, 11) is 3.66. The van der Waals surface area contributed by atoms with E-state index in [-0.39, 0.29) is 0 Å². The first-order valence-corrected chi connectivity index (χ1v) is 10.1. The second kappa shape index (κ2) is 6.34. The molecule has 0 amide bonds. The first kappa shape index (κ1) is 15.6. The van der Waals surface area contributed by atoms with E-state index in [1.54, 1.807) is 9.12 Å². The van der Waals surface area contributed by atoms with Crippen LogP contribution < -0.4 is 0 Å². The fourth-order valence-corrected chi connectivity index (χ4v) is 4.43. The second-order valence-corrected chi connectivity index (χ2v) is 5.99. The Labute approximate surface area is 135 Å². The van der Waals surface area contributed by atoms with Crippen molar-refractivity contribution in [2.45, 2.75) is 34.1 Å². The van der Waals surface area contributed by atoms with Crippen molar-refractivity contribution in [2.24, 2.45) is 7.05 Å². The lowest BCUT2D eigenvalue weighted by molar-refractivity contribution is 0.799.